The van der Waals surface area contributed by atoms with Gasteiger partial charge in [0.05, 0.1) is 18.8 Å². The van der Waals surface area contributed by atoms with Crippen molar-refractivity contribution >= 4 is 17.6 Å². The molecule has 1 saturated heterocycles. The summed E-state index contributed by atoms with van der Waals surface area (Å²) in [5, 5.41) is 3.60. The second-order valence-corrected chi connectivity index (χ2v) is 5.74. The maximum absolute atomic E-state index is 12.2. The van der Waals surface area contributed by atoms with Gasteiger partial charge in [-0.3, -0.25) is 0 Å². The lowest BCUT2D eigenvalue weighted by molar-refractivity contribution is -0.0278. The molecule has 0 aromatic heterocycles. The van der Waals surface area contributed by atoms with Crippen molar-refractivity contribution in [1.82, 2.24) is 10.2 Å². The van der Waals surface area contributed by atoms with E-state index in [4.69, 9.17) is 16.3 Å². The van der Waals surface area contributed by atoms with E-state index in [1.54, 1.807) is 0 Å². The molecule has 4 nitrogen and oxygen atoms in total. The summed E-state index contributed by atoms with van der Waals surface area (Å²) < 4.78 is 5.40. The van der Waals surface area contributed by atoms with Gasteiger partial charge in [0.1, 0.15) is 0 Å². The van der Waals surface area contributed by atoms with Crippen LogP contribution in [0.25, 0.3) is 0 Å². The number of hydrogen-bond donors (Lipinski definition) is 1. The lowest BCUT2D eigenvalue weighted by Gasteiger charge is -2.41. The summed E-state index contributed by atoms with van der Waals surface area (Å²) in [5.74, 6) is 0. The molecule has 1 aliphatic heterocycles. The Morgan fingerprint density at radius 2 is 2.32 bits per heavy atom. The molecule has 0 aliphatic carbocycles. The van der Waals surface area contributed by atoms with Crippen LogP contribution in [0.4, 0.5) is 4.79 Å². The Morgan fingerprint density at radius 3 is 3.00 bits per heavy atom. The Morgan fingerprint density at radius 1 is 1.53 bits per heavy atom. The van der Waals surface area contributed by atoms with E-state index in [9.17, 15) is 4.79 Å². The molecule has 5 heteroatoms. The van der Waals surface area contributed by atoms with Gasteiger partial charge in [0.15, 0.2) is 0 Å². The fourth-order valence-corrected chi connectivity index (χ4v) is 2.37. The van der Waals surface area contributed by atoms with Crippen molar-refractivity contribution in [3.05, 3.63) is 34.9 Å². The first-order valence-corrected chi connectivity index (χ1v) is 6.74. The summed E-state index contributed by atoms with van der Waals surface area (Å²) in [5.41, 5.74) is 0.725. The number of ether oxygens (including phenoxy) is 1. The predicted octanol–water partition coefficient (Wildman–Crippen LogP) is 2.66. The van der Waals surface area contributed by atoms with Gasteiger partial charge in [-0.2, -0.15) is 0 Å². The minimum absolute atomic E-state index is 0.0618. The molecule has 0 atom stereocenters. The number of nitrogens with one attached hydrogen (secondary N) is 1. The van der Waals surface area contributed by atoms with Crippen LogP contribution in [0.3, 0.4) is 0 Å². The van der Waals surface area contributed by atoms with E-state index in [0.29, 0.717) is 31.3 Å². The SMILES string of the molecule is CC1(C)COCCN1C(=O)NCc1cccc(Cl)c1. The van der Waals surface area contributed by atoms with Crippen LogP contribution in [0, 0.1) is 0 Å². The summed E-state index contributed by atoms with van der Waals surface area (Å²) in [7, 11) is 0. The molecule has 0 radical (unpaired) electrons. The molecular formula is C14H19ClN2O2. The van der Waals surface area contributed by atoms with Gasteiger partial charge in [0, 0.05) is 18.1 Å². The normalized spacial score (nSPS) is 18.2. The van der Waals surface area contributed by atoms with E-state index in [1.807, 2.05) is 43.0 Å². The highest BCUT2D eigenvalue weighted by molar-refractivity contribution is 6.30. The number of benzene rings is 1. The maximum Gasteiger partial charge on any atom is 0.318 e. The first-order valence-electron chi connectivity index (χ1n) is 6.37. The standard InChI is InChI=1S/C14H19ClN2O2/c1-14(2)10-19-7-6-17(14)13(18)16-9-11-4-3-5-12(15)8-11/h3-5,8H,6-7,9-10H2,1-2H3,(H,16,18). The number of nitrogens with zero attached hydrogens (tertiary/aromatic N) is 1. The van der Waals surface area contributed by atoms with Gasteiger partial charge in [0.2, 0.25) is 0 Å². The number of morpholine rings is 1. The molecule has 0 bridgehead atoms. The van der Waals surface area contributed by atoms with E-state index in [0.717, 1.165) is 5.56 Å². The molecule has 0 unspecified atom stereocenters. The van der Waals surface area contributed by atoms with E-state index < -0.39 is 0 Å². The van der Waals surface area contributed by atoms with Crippen molar-refractivity contribution in [3.63, 3.8) is 0 Å². The number of carbonyl (C=O) groups is 1. The molecule has 2 amide bonds. The molecular weight excluding hydrogens is 264 g/mol. The Balaban J connectivity index is 1.94. The van der Waals surface area contributed by atoms with E-state index in [2.05, 4.69) is 5.32 Å². The van der Waals surface area contributed by atoms with Crippen molar-refractivity contribution in [2.75, 3.05) is 19.8 Å². The second-order valence-electron chi connectivity index (χ2n) is 5.31. The second kappa shape index (κ2) is 5.80. The van der Waals surface area contributed by atoms with Crippen molar-refractivity contribution < 1.29 is 9.53 Å². The zero-order valence-corrected chi connectivity index (χ0v) is 12.0. The molecule has 0 saturated carbocycles. The molecule has 0 spiro atoms. The van der Waals surface area contributed by atoms with Crippen LogP contribution in [-0.4, -0.2) is 36.2 Å². The van der Waals surface area contributed by atoms with Crippen LogP contribution in [0.1, 0.15) is 19.4 Å². The molecule has 1 heterocycles. The van der Waals surface area contributed by atoms with Crippen LogP contribution in [0.2, 0.25) is 5.02 Å². The molecule has 1 aromatic carbocycles. The summed E-state index contributed by atoms with van der Waals surface area (Å²) in [6.07, 6.45) is 0. The van der Waals surface area contributed by atoms with Crippen LogP contribution < -0.4 is 5.32 Å². The van der Waals surface area contributed by atoms with Gasteiger partial charge in [-0.25, -0.2) is 4.79 Å². The fourth-order valence-electron chi connectivity index (χ4n) is 2.15. The summed E-state index contributed by atoms with van der Waals surface area (Å²) in [4.78, 5) is 14.0. The average Bonchev–Trinajstić information content (AvgIpc) is 2.35. The predicted molar refractivity (Wildman–Crippen MR) is 75.3 cm³/mol. The van der Waals surface area contributed by atoms with Gasteiger partial charge in [-0.05, 0) is 31.5 Å². The Hall–Kier alpha value is -1.26. The van der Waals surface area contributed by atoms with Crippen LogP contribution in [0.15, 0.2) is 24.3 Å². The van der Waals surface area contributed by atoms with Crippen molar-refractivity contribution in [2.45, 2.75) is 25.9 Å². The summed E-state index contributed by atoms with van der Waals surface area (Å²) in [6.45, 7) is 6.27. The van der Waals surface area contributed by atoms with Crippen molar-refractivity contribution in [1.29, 1.82) is 0 Å². The number of hydrogen-bond acceptors (Lipinski definition) is 2. The largest absolute Gasteiger partial charge is 0.377 e. The third-order valence-corrected chi connectivity index (χ3v) is 3.46. The number of amides is 2. The van der Waals surface area contributed by atoms with E-state index in [1.165, 1.54) is 0 Å². The zero-order chi connectivity index (χ0) is 13.9. The van der Waals surface area contributed by atoms with Gasteiger partial charge < -0.3 is 15.0 Å². The van der Waals surface area contributed by atoms with Gasteiger partial charge >= 0.3 is 6.03 Å². The monoisotopic (exact) mass is 282 g/mol. The van der Waals surface area contributed by atoms with Crippen LogP contribution in [0.5, 0.6) is 0 Å². The van der Waals surface area contributed by atoms with Crippen molar-refractivity contribution in [2.24, 2.45) is 0 Å². The minimum Gasteiger partial charge on any atom is -0.377 e. The number of halogens is 1. The van der Waals surface area contributed by atoms with E-state index >= 15 is 0 Å². The molecule has 1 fully saturated rings. The fraction of sp³-hybridized carbons (Fsp3) is 0.500. The molecule has 1 aromatic rings. The van der Waals surface area contributed by atoms with Crippen LogP contribution in [-0.2, 0) is 11.3 Å². The highest BCUT2D eigenvalue weighted by Crippen LogP contribution is 2.19. The van der Waals surface area contributed by atoms with Crippen molar-refractivity contribution in [3.8, 4) is 0 Å². The van der Waals surface area contributed by atoms with Gasteiger partial charge in [-0.1, -0.05) is 23.7 Å². The number of rotatable bonds is 2. The quantitative estimate of drug-likeness (QED) is 0.906. The highest BCUT2D eigenvalue weighted by atomic mass is 35.5. The lowest BCUT2D eigenvalue weighted by atomic mass is 10.0. The first kappa shape index (κ1) is 14.2. The Kier molecular flexibility index (Phi) is 4.32. The topological polar surface area (TPSA) is 41.6 Å². The molecule has 19 heavy (non-hydrogen) atoms. The van der Waals surface area contributed by atoms with E-state index in [-0.39, 0.29) is 11.6 Å². The average molecular weight is 283 g/mol. The first-order chi connectivity index (χ1) is 8.99. The smallest absolute Gasteiger partial charge is 0.318 e. The van der Waals surface area contributed by atoms with Crippen LogP contribution >= 0.6 is 11.6 Å². The summed E-state index contributed by atoms with van der Waals surface area (Å²) >= 11 is 5.91. The highest BCUT2D eigenvalue weighted by Gasteiger charge is 2.33. The zero-order valence-electron chi connectivity index (χ0n) is 11.3. The minimum atomic E-state index is -0.267. The Bertz CT molecular complexity index is 463. The third-order valence-electron chi connectivity index (χ3n) is 3.22. The number of urea groups is 1. The lowest BCUT2D eigenvalue weighted by Crippen LogP contribution is -2.58. The maximum atomic E-state index is 12.2. The third kappa shape index (κ3) is 3.61. The van der Waals surface area contributed by atoms with Gasteiger partial charge in [-0.15, -0.1) is 0 Å². The Labute approximate surface area is 118 Å². The van der Waals surface area contributed by atoms with Gasteiger partial charge in [0.25, 0.3) is 0 Å². The molecule has 1 N–H and O–H groups in total. The molecule has 2 rings (SSSR count). The number of carbonyl (C=O) groups excluding carboxylic acids is 1. The molecule has 104 valence electrons. The summed E-state index contributed by atoms with van der Waals surface area (Å²) in [6, 6.07) is 7.43. The molecule has 1 aliphatic rings.